The molecule has 2 rings (SSSR count). The zero-order valence-electron chi connectivity index (χ0n) is 11.5. The number of carbonyl (C=O) groups is 1. The van der Waals surface area contributed by atoms with Crippen molar-refractivity contribution in [3.05, 3.63) is 28.5 Å². The van der Waals surface area contributed by atoms with Gasteiger partial charge in [0.1, 0.15) is 5.82 Å². The molecule has 1 aliphatic rings. The highest BCUT2D eigenvalue weighted by Gasteiger charge is 2.13. The fourth-order valence-corrected chi connectivity index (χ4v) is 2.79. The zero-order valence-corrected chi connectivity index (χ0v) is 13.1. The van der Waals surface area contributed by atoms with Crippen molar-refractivity contribution in [1.82, 2.24) is 4.90 Å². The van der Waals surface area contributed by atoms with E-state index in [0.29, 0.717) is 11.0 Å². The number of carbonyl (C=O) groups excluding carboxylic acids is 1. The molecule has 1 amide bonds. The fraction of sp³-hybridized carbons (Fsp3) is 0.533. The number of nitrogens with one attached hydrogen (secondary N) is 1. The molecule has 0 radical (unpaired) electrons. The van der Waals surface area contributed by atoms with Crippen molar-refractivity contribution in [2.24, 2.45) is 0 Å². The number of benzene rings is 1. The second-order valence-electron chi connectivity index (χ2n) is 5.22. The Labute approximate surface area is 127 Å². The van der Waals surface area contributed by atoms with E-state index in [0.717, 1.165) is 25.9 Å². The van der Waals surface area contributed by atoms with E-state index in [9.17, 15) is 9.18 Å². The van der Waals surface area contributed by atoms with Crippen LogP contribution in [0.5, 0.6) is 0 Å². The summed E-state index contributed by atoms with van der Waals surface area (Å²) in [4.78, 5) is 14.1. The van der Waals surface area contributed by atoms with Crippen LogP contribution < -0.4 is 5.32 Å². The van der Waals surface area contributed by atoms with E-state index in [2.05, 4.69) is 26.1 Å². The topological polar surface area (TPSA) is 32.3 Å². The maximum Gasteiger partial charge on any atom is 0.238 e. The monoisotopic (exact) mass is 342 g/mol. The maximum absolute atomic E-state index is 13.6. The normalized spacial score (nSPS) is 17.3. The second-order valence-corrected chi connectivity index (χ2v) is 6.13. The third-order valence-corrected chi connectivity index (χ3v) is 4.01. The predicted octanol–water partition coefficient (Wildman–Crippen LogP) is 3.79. The van der Waals surface area contributed by atoms with Gasteiger partial charge in [0.25, 0.3) is 0 Å². The lowest BCUT2D eigenvalue weighted by molar-refractivity contribution is -0.117. The van der Waals surface area contributed by atoms with Crippen LogP contribution in [0.3, 0.4) is 0 Å². The fourth-order valence-electron chi connectivity index (χ4n) is 2.45. The van der Waals surface area contributed by atoms with Crippen LogP contribution in [0.25, 0.3) is 0 Å². The molecule has 1 fully saturated rings. The first kappa shape index (κ1) is 15.4. The van der Waals surface area contributed by atoms with Crippen LogP contribution in [0.15, 0.2) is 22.7 Å². The van der Waals surface area contributed by atoms with Crippen molar-refractivity contribution >= 4 is 27.5 Å². The van der Waals surface area contributed by atoms with E-state index in [1.54, 1.807) is 12.1 Å². The summed E-state index contributed by atoms with van der Waals surface area (Å²) in [6, 6.07) is 4.64. The SMILES string of the molecule is O=C(CN1CCCCCCC1)Nc1ccc(Br)cc1F. The van der Waals surface area contributed by atoms with Crippen molar-refractivity contribution in [3.8, 4) is 0 Å². The molecule has 0 spiro atoms. The van der Waals surface area contributed by atoms with Gasteiger partial charge in [-0.05, 0) is 44.1 Å². The number of rotatable bonds is 3. The lowest BCUT2D eigenvalue weighted by Gasteiger charge is -2.23. The van der Waals surface area contributed by atoms with Gasteiger partial charge in [0.15, 0.2) is 0 Å². The molecule has 5 heteroatoms. The largest absolute Gasteiger partial charge is 0.322 e. The Kier molecular flexibility index (Phi) is 5.98. The Morgan fingerprint density at radius 1 is 1.20 bits per heavy atom. The number of amides is 1. The van der Waals surface area contributed by atoms with Crippen LogP contribution in [-0.2, 0) is 4.79 Å². The van der Waals surface area contributed by atoms with Crippen LogP contribution in [0.4, 0.5) is 10.1 Å². The average Bonchev–Trinajstić information content (AvgIpc) is 2.36. The van der Waals surface area contributed by atoms with E-state index in [1.807, 2.05) is 0 Å². The average molecular weight is 343 g/mol. The summed E-state index contributed by atoms with van der Waals surface area (Å²) >= 11 is 3.20. The standard InChI is InChI=1S/C15H20BrFN2O/c16-12-6-7-14(13(17)10-12)18-15(20)11-19-8-4-2-1-3-5-9-19/h6-7,10H,1-5,8-9,11H2,(H,18,20). The summed E-state index contributed by atoms with van der Waals surface area (Å²) < 4.78 is 14.3. The minimum Gasteiger partial charge on any atom is -0.322 e. The summed E-state index contributed by atoms with van der Waals surface area (Å²) in [7, 11) is 0. The quantitative estimate of drug-likeness (QED) is 0.906. The van der Waals surface area contributed by atoms with Gasteiger partial charge in [-0.25, -0.2) is 4.39 Å². The number of hydrogen-bond acceptors (Lipinski definition) is 2. The predicted molar refractivity (Wildman–Crippen MR) is 82.3 cm³/mol. The Morgan fingerprint density at radius 2 is 1.85 bits per heavy atom. The Bertz CT molecular complexity index is 459. The van der Waals surface area contributed by atoms with Crippen LogP contribution in [0.2, 0.25) is 0 Å². The molecule has 110 valence electrons. The number of nitrogens with zero attached hydrogens (tertiary/aromatic N) is 1. The van der Waals surface area contributed by atoms with Gasteiger partial charge in [-0.3, -0.25) is 9.69 Å². The van der Waals surface area contributed by atoms with Crippen molar-refractivity contribution in [2.75, 3.05) is 25.0 Å². The first-order valence-electron chi connectivity index (χ1n) is 7.12. The maximum atomic E-state index is 13.6. The van der Waals surface area contributed by atoms with Crippen molar-refractivity contribution in [2.45, 2.75) is 32.1 Å². The van der Waals surface area contributed by atoms with Crippen LogP contribution in [0.1, 0.15) is 32.1 Å². The minimum atomic E-state index is -0.416. The van der Waals surface area contributed by atoms with E-state index in [1.165, 1.54) is 25.3 Å². The number of halogens is 2. The molecule has 0 bridgehead atoms. The zero-order chi connectivity index (χ0) is 14.4. The highest BCUT2D eigenvalue weighted by molar-refractivity contribution is 9.10. The highest BCUT2D eigenvalue weighted by atomic mass is 79.9. The summed E-state index contributed by atoms with van der Waals surface area (Å²) in [6.45, 7) is 2.25. The molecule has 1 aromatic carbocycles. The molecule has 1 N–H and O–H groups in total. The lowest BCUT2D eigenvalue weighted by atomic mass is 10.1. The molecule has 0 unspecified atom stereocenters. The first-order chi connectivity index (χ1) is 9.65. The molecule has 20 heavy (non-hydrogen) atoms. The Hall–Kier alpha value is -0.940. The van der Waals surface area contributed by atoms with Crippen molar-refractivity contribution in [1.29, 1.82) is 0 Å². The minimum absolute atomic E-state index is 0.146. The first-order valence-corrected chi connectivity index (χ1v) is 7.92. The van der Waals surface area contributed by atoms with Gasteiger partial charge in [0.2, 0.25) is 5.91 Å². The van der Waals surface area contributed by atoms with Crippen LogP contribution in [-0.4, -0.2) is 30.4 Å². The van der Waals surface area contributed by atoms with Gasteiger partial charge in [-0.2, -0.15) is 0 Å². The number of anilines is 1. The molecular formula is C15H20BrFN2O. The van der Waals surface area contributed by atoms with Gasteiger partial charge in [0.05, 0.1) is 12.2 Å². The summed E-state index contributed by atoms with van der Waals surface area (Å²) in [6.07, 6.45) is 6.04. The van der Waals surface area contributed by atoms with E-state index in [-0.39, 0.29) is 11.6 Å². The molecular weight excluding hydrogens is 323 g/mol. The smallest absolute Gasteiger partial charge is 0.238 e. The third kappa shape index (κ3) is 4.87. The van der Waals surface area contributed by atoms with Crippen LogP contribution >= 0.6 is 15.9 Å². The second kappa shape index (κ2) is 7.74. The van der Waals surface area contributed by atoms with Gasteiger partial charge < -0.3 is 5.32 Å². The number of likely N-dealkylation sites (tertiary alicyclic amines) is 1. The van der Waals surface area contributed by atoms with Crippen LogP contribution in [0, 0.1) is 5.82 Å². The van der Waals surface area contributed by atoms with Gasteiger partial charge >= 0.3 is 0 Å². The number of hydrogen-bond donors (Lipinski definition) is 1. The van der Waals surface area contributed by atoms with Gasteiger partial charge in [-0.15, -0.1) is 0 Å². The molecule has 1 saturated heterocycles. The molecule has 1 aliphatic heterocycles. The molecule has 0 aromatic heterocycles. The van der Waals surface area contributed by atoms with Gasteiger partial charge in [0, 0.05) is 4.47 Å². The third-order valence-electron chi connectivity index (χ3n) is 3.52. The molecule has 0 atom stereocenters. The molecule has 3 nitrogen and oxygen atoms in total. The summed E-state index contributed by atoms with van der Waals surface area (Å²) in [5, 5.41) is 2.64. The van der Waals surface area contributed by atoms with Gasteiger partial charge in [-0.1, -0.05) is 35.2 Å². The van der Waals surface area contributed by atoms with E-state index in [4.69, 9.17) is 0 Å². The van der Waals surface area contributed by atoms with E-state index >= 15 is 0 Å². The molecule has 0 saturated carbocycles. The summed E-state index contributed by atoms with van der Waals surface area (Å²) in [5.41, 5.74) is 0.241. The lowest BCUT2D eigenvalue weighted by Crippen LogP contribution is -2.35. The molecule has 1 aromatic rings. The Morgan fingerprint density at radius 3 is 2.50 bits per heavy atom. The van der Waals surface area contributed by atoms with Crippen molar-refractivity contribution in [3.63, 3.8) is 0 Å². The van der Waals surface area contributed by atoms with E-state index < -0.39 is 5.82 Å². The Balaban J connectivity index is 1.87. The highest BCUT2D eigenvalue weighted by Crippen LogP contribution is 2.19. The molecule has 1 heterocycles. The summed E-state index contributed by atoms with van der Waals surface area (Å²) in [5.74, 6) is -0.563. The van der Waals surface area contributed by atoms with Crippen molar-refractivity contribution < 1.29 is 9.18 Å². The molecule has 0 aliphatic carbocycles.